The fraction of sp³-hybridized carbons (Fsp3) is 0.350. The number of nitrogens with zero attached hydrogens (tertiary/aromatic N) is 4. The number of hydrogen-bond donors (Lipinski definition) is 0. The van der Waals surface area contributed by atoms with Crippen LogP contribution in [0.2, 0.25) is 0 Å². The third-order valence-corrected chi connectivity index (χ3v) is 6.08. The second-order valence-corrected chi connectivity index (χ2v) is 8.70. The maximum Gasteiger partial charge on any atom is 0.262 e. The van der Waals surface area contributed by atoms with Gasteiger partial charge in [0.15, 0.2) is 16.9 Å². The van der Waals surface area contributed by atoms with E-state index >= 15 is 0 Å². The van der Waals surface area contributed by atoms with E-state index in [-0.39, 0.29) is 23.0 Å². The van der Waals surface area contributed by atoms with E-state index in [2.05, 4.69) is 16.0 Å². The maximum absolute atomic E-state index is 12.9. The lowest BCUT2D eigenvalue weighted by Gasteiger charge is -2.15. The molecule has 0 aliphatic rings. The van der Waals surface area contributed by atoms with Crippen LogP contribution in [0.4, 0.5) is 0 Å². The predicted molar refractivity (Wildman–Crippen MR) is 112 cm³/mol. The fourth-order valence-electron chi connectivity index (χ4n) is 2.77. The third kappa shape index (κ3) is 4.32. The Morgan fingerprint density at radius 1 is 1.32 bits per heavy atom. The Kier molecular flexibility index (Phi) is 6.27. The van der Waals surface area contributed by atoms with Crippen LogP contribution in [0, 0.1) is 24.2 Å². The fourth-order valence-corrected chi connectivity index (χ4v) is 4.55. The van der Waals surface area contributed by atoms with Gasteiger partial charge < -0.3 is 0 Å². The Bertz CT molecular complexity index is 1110. The first-order valence-corrected chi connectivity index (χ1v) is 10.7. The van der Waals surface area contributed by atoms with Crippen molar-refractivity contribution >= 4 is 39.8 Å². The molecule has 144 valence electrons. The van der Waals surface area contributed by atoms with Gasteiger partial charge in [-0.05, 0) is 25.0 Å². The van der Waals surface area contributed by atoms with Crippen molar-refractivity contribution in [1.82, 2.24) is 14.5 Å². The molecule has 6 nitrogen and oxygen atoms in total. The number of thiazole rings is 1. The predicted octanol–water partition coefficient (Wildman–Crippen LogP) is 3.79. The Hall–Kier alpha value is -2.50. The molecule has 2 aromatic heterocycles. The molecule has 0 bridgehead atoms. The number of Topliss-reactive ketones (excluding diaryl/α,β-unsaturated/α-hetero) is 1. The van der Waals surface area contributed by atoms with Crippen molar-refractivity contribution in [3.05, 3.63) is 50.7 Å². The van der Waals surface area contributed by atoms with Crippen molar-refractivity contribution in [2.45, 2.75) is 38.4 Å². The SMILES string of the molecule is Cc1csc(C(C#N)C(=O)CSc2nc3ccccc3c(=O)n2CC(C)C)n1. The van der Waals surface area contributed by atoms with E-state index in [0.29, 0.717) is 27.6 Å². The van der Waals surface area contributed by atoms with Gasteiger partial charge in [-0.25, -0.2) is 9.97 Å². The average Bonchev–Trinajstić information content (AvgIpc) is 3.09. The van der Waals surface area contributed by atoms with Crippen LogP contribution >= 0.6 is 23.1 Å². The number of benzene rings is 1. The van der Waals surface area contributed by atoms with Crippen LogP contribution in [-0.2, 0) is 11.3 Å². The zero-order valence-electron chi connectivity index (χ0n) is 15.9. The number of carbonyl (C=O) groups is 1. The highest BCUT2D eigenvalue weighted by Crippen LogP contribution is 2.25. The van der Waals surface area contributed by atoms with Crippen LogP contribution in [0.15, 0.2) is 39.6 Å². The zero-order chi connectivity index (χ0) is 20.3. The Morgan fingerprint density at radius 2 is 2.07 bits per heavy atom. The van der Waals surface area contributed by atoms with Gasteiger partial charge in [-0.15, -0.1) is 11.3 Å². The third-order valence-electron chi connectivity index (χ3n) is 4.05. The van der Waals surface area contributed by atoms with E-state index < -0.39 is 5.92 Å². The normalized spacial score (nSPS) is 12.2. The quantitative estimate of drug-likeness (QED) is 0.433. The number of para-hydroxylation sites is 1. The first kappa shape index (κ1) is 20.2. The van der Waals surface area contributed by atoms with E-state index in [4.69, 9.17) is 0 Å². The zero-order valence-corrected chi connectivity index (χ0v) is 17.5. The lowest BCUT2D eigenvalue weighted by molar-refractivity contribution is -0.116. The largest absolute Gasteiger partial charge is 0.297 e. The Labute approximate surface area is 171 Å². The van der Waals surface area contributed by atoms with Gasteiger partial charge in [-0.1, -0.05) is 37.7 Å². The highest BCUT2D eigenvalue weighted by molar-refractivity contribution is 7.99. The molecular weight excluding hydrogens is 392 g/mol. The molecule has 0 radical (unpaired) electrons. The number of aryl methyl sites for hydroxylation is 1. The highest BCUT2D eigenvalue weighted by atomic mass is 32.2. The van der Waals surface area contributed by atoms with Crippen LogP contribution < -0.4 is 5.56 Å². The lowest BCUT2D eigenvalue weighted by atomic mass is 10.1. The van der Waals surface area contributed by atoms with Crippen LogP contribution in [0.25, 0.3) is 10.9 Å². The molecule has 0 saturated heterocycles. The summed E-state index contributed by atoms with van der Waals surface area (Å²) in [6.07, 6.45) is 0. The van der Waals surface area contributed by atoms with E-state index in [1.54, 1.807) is 16.7 Å². The van der Waals surface area contributed by atoms with Crippen molar-refractivity contribution < 1.29 is 4.79 Å². The smallest absolute Gasteiger partial charge is 0.262 e. The van der Waals surface area contributed by atoms with Crippen LogP contribution in [0.3, 0.4) is 0 Å². The number of nitriles is 1. The number of fused-ring (bicyclic) bond motifs is 1. The molecule has 1 unspecified atom stereocenters. The van der Waals surface area contributed by atoms with E-state index in [1.807, 2.05) is 38.3 Å². The molecule has 0 spiro atoms. The van der Waals surface area contributed by atoms with Crippen molar-refractivity contribution in [2.24, 2.45) is 5.92 Å². The Balaban J connectivity index is 1.89. The molecular formula is C20H20N4O2S2. The Morgan fingerprint density at radius 3 is 2.71 bits per heavy atom. The molecule has 0 aliphatic carbocycles. The summed E-state index contributed by atoms with van der Waals surface area (Å²) in [7, 11) is 0. The van der Waals surface area contributed by atoms with E-state index in [1.165, 1.54) is 23.1 Å². The van der Waals surface area contributed by atoms with Gasteiger partial charge in [0.1, 0.15) is 5.01 Å². The van der Waals surface area contributed by atoms with Gasteiger partial charge in [-0.3, -0.25) is 14.2 Å². The molecule has 2 heterocycles. The average molecular weight is 413 g/mol. The summed E-state index contributed by atoms with van der Waals surface area (Å²) >= 11 is 2.51. The standard InChI is InChI=1S/C20H20N4O2S2/c1-12(2)9-24-19(26)14-6-4-5-7-16(14)23-20(24)28-11-17(25)15(8-21)18-22-13(3)10-27-18/h4-7,10,12,15H,9,11H2,1-3H3. The minimum absolute atomic E-state index is 0.0553. The minimum Gasteiger partial charge on any atom is -0.297 e. The topological polar surface area (TPSA) is 88.6 Å². The van der Waals surface area contributed by atoms with Crippen molar-refractivity contribution in [3.8, 4) is 6.07 Å². The maximum atomic E-state index is 12.9. The molecule has 3 rings (SSSR count). The molecule has 1 atom stereocenters. The van der Waals surface area contributed by atoms with Gasteiger partial charge in [0.2, 0.25) is 0 Å². The second-order valence-electron chi connectivity index (χ2n) is 6.87. The number of hydrogen-bond acceptors (Lipinski definition) is 7. The molecule has 0 fully saturated rings. The molecule has 0 aliphatic heterocycles. The first-order valence-electron chi connectivity index (χ1n) is 8.87. The minimum atomic E-state index is -0.892. The van der Waals surface area contributed by atoms with Crippen LogP contribution in [0.5, 0.6) is 0 Å². The van der Waals surface area contributed by atoms with Crippen molar-refractivity contribution in [1.29, 1.82) is 5.26 Å². The first-order chi connectivity index (χ1) is 13.4. The number of aromatic nitrogens is 3. The second kappa shape index (κ2) is 8.67. The summed E-state index contributed by atoms with van der Waals surface area (Å²) in [4.78, 5) is 34.4. The van der Waals surface area contributed by atoms with Gasteiger partial charge >= 0.3 is 0 Å². The van der Waals surface area contributed by atoms with E-state index in [9.17, 15) is 14.9 Å². The number of rotatable bonds is 7. The summed E-state index contributed by atoms with van der Waals surface area (Å²) in [5.41, 5.74) is 1.29. The van der Waals surface area contributed by atoms with Gasteiger partial charge in [-0.2, -0.15) is 5.26 Å². The molecule has 28 heavy (non-hydrogen) atoms. The summed E-state index contributed by atoms with van der Waals surface area (Å²) in [5, 5.41) is 12.8. The number of thioether (sulfide) groups is 1. The number of carbonyl (C=O) groups excluding carboxylic acids is 1. The molecule has 1 aromatic carbocycles. The van der Waals surface area contributed by atoms with E-state index in [0.717, 1.165) is 5.69 Å². The molecule has 0 N–H and O–H groups in total. The number of ketones is 1. The van der Waals surface area contributed by atoms with Crippen molar-refractivity contribution in [3.63, 3.8) is 0 Å². The van der Waals surface area contributed by atoms with Crippen LogP contribution in [0.1, 0.15) is 30.5 Å². The van der Waals surface area contributed by atoms with Crippen LogP contribution in [-0.4, -0.2) is 26.1 Å². The monoisotopic (exact) mass is 412 g/mol. The molecule has 8 heteroatoms. The van der Waals surface area contributed by atoms with Gasteiger partial charge in [0.05, 0.1) is 22.7 Å². The summed E-state index contributed by atoms with van der Waals surface area (Å²) in [6, 6.07) is 9.25. The summed E-state index contributed by atoms with van der Waals surface area (Å²) in [5.74, 6) is -0.821. The summed E-state index contributed by atoms with van der Waals surface area (Å²) in [6.45, 7) is 6.40. The highest BCUT2D eigenvalue weighted by Gasteiger charge is 2.24. The lowest BCUT2D eigenvalue weighted by Crippen LogP contribution is -2.26. The van der Waals surface area contributed by atoms with Gasteiger partial charge in [0.25, 0.3) is 5.56 Å². The molecule has 0 saturated carbocycles. The van der Waals surface area contributed by atoms with Crippen molar-refractivity contribution in [2.75, 3.05) is 5.75 Å². The van der Waals surface area contributed by atoms with Gasteiger partial charge in [0, 0.05) is 17.6 Å². The molecule has 3 aromatic rings. The molecule has 0 amide bonds. The summed E-state index contributed by atoms with van der Waals surface area (Å²) < 4.78 is 1.62.